The molecule has 6 nitrogen and oxygen atoms in total. The third-order valence-electron chi connectivity index (χ3n) is 5.48. The molecule has 0 fully saturated rings. The largest absolute Gasteiger partial charge is 0.491 e. The van der Waals surface area contributed by atoms with Crippen molar-refractivity contribution in [3.63, 3.8) is 0 Å². The Morgan fingerprint density at radius 3 is 2.59 bits per heavy atom. The van der Waals surface area contributed by atoms with Crippen LogP contribution >= 0.6 is 11.6 Å². The molecule has 0 atom stereocenters. The number of rotatable bonds is 11. The molecule has 0 unspecified atom stereocenters. The molecule has 0 radical (unpaired) electrons. The molecule has 0 aliphatic heterocycles. The van der Waals surface area contributed by atoms with E-state index in [2.05, 4.69) is 16.0 Å². The summed E-state index contributed by atoms with van der Waals surface area (Å²) in [5.74, 6) is 2.34. The van der Waals surface area contributed by atoms with Crippen molar-refractivity contribution < 1.29 is 14.3 Å². The van der Waals surface area contributed by atoms with Gasteiger partial charge in [-0.3, -0.25) is 4.79 Å². The van der Waals surface area contributed by atoms with Crippen LogP contribution in [0.25, 0.3) is 11.0 Å². The molecule has 0 bridgehead atoms. The number of hydrogen-bond donors (Lipinski definition) is 1. The van der Waals surface area contributed by atoms with Crippen LogP contribution in [0, 0.1) is 6.92 Å². The maximum Gasteiger partial charge on any atom is 0.257 e. The first kappa shape index (κ1) is 23.6. The van der Waals surface area contributed by atoms with Crippen LogP contribution in [0.4, 0.5) is 0 Å². The molecule has 3 aromatic carbocycles. The van der Waals surface area contributed by atoms with E-state index in [9.17, 15) is 4.79 Å². The highest BCUT2D eigenvalue weighted by atomic mass is 35.5. The number of carbonyl (C=O) groups is 1. The molecule has 0 saturated carbocycles. The van der Waals surface area contributed by atoms with Crippen molar-refractivity contribution in [2.45, 2.75) is 26.3 Å². The molecular formula is C27H28ClN3O3. The van der Waals surface area contributed by atoms with Gasteiger partial charge < -0.3 is 19.4 Å². The molecule has 4 rings (SSSR count). The Kier molecular flexibility index (Phi) is 8.04. The summed E-state index contributed by atoms with van der Waals surface area (Å²) < 4.78 is 13.7. The number of carbonyl (C=O) groups excluding carboxylic acids is 1. The van der Waals surface area contributed by atoms with Crippen molar-refractivity contribution in [2.75, 3.05) is 19.8 Å². The summed E-state index contributed by atoms with van der Waals surface area (Å²) in [7, 11) is 0. The zero-order chi connectivity index (χ0) is 23.8. The first-order valence-corrected chi connectivity index (χ1v) is 11.8. The minimum atomic E-state index is -0.157. The Labute approximate surface area is 204 Å². The maximum absolute atomic E-state index is 12.1. The molecule has 1 heterocycles. The van der Waals surface area contributed by atoms with E-state index in [4.69, 9.17) is 26.1 Å². The van der Waals surface area contributed by atoms with Gasteiger partial charge in [0.15, 0.2) is 6.61 Å². The van der Waals surface area contributed by atoms with Gasteiger partial charge in [-0.25, -0.2) is 4.98 Å². The fourth-order valence-electron chi connectivity index (χ4n) is 3.74. The summed E-state index contributed by atoms with van der Waals surface area (Å²) in [6.45, 7) is 3.81. The maximum atomic E-state index is 12.1. The topological polar surface area (TPSA) is 65.4 Å². The molecule has 1 amide bonds. The van der Waals surface area contributed by atoms with Crippen LogP contribution in [0.2, 0.25) is 5.02 Å². The predicted octanol–water partition coefficient (Wildman–Crippen LogP) is 5.20. The van der Waals surface area contributed by atoms with E-state index in [1.54, 1.807) is 24.3 Å². The van der Waals surface area contributed by atoms with E-state index in [-0.39, 0.29) is 12.5 Å². The van der Waals surface area contributed by atoms with E-state index in [1.165, 1.54) is 0 Å². The zero-order valence-corrected chi connectivity index (χ0v) is 19.9. The monoisotopic (exact) mass is 477 g/mol. The highest BCUT2D eigenvalue weighted by molar-refractivity contribution is 6.30. The number of nitrogens with zero attached hydrogens (tertiary/aromatic N) is 2. The molecule has 7 heteroatoms. The van der Waals surface area contributed by atoms with Gasteiger partial charge in [0, 0.05) is 18.0 Å². The third-order valence-corrected chi connectivity index (χ3v) is 5.73. The second-order valence-electron chi connectivity index (χ2n) is 7.98. The molecule has 0 saturated heterocycles. The second-order valence-corrected chi connectivity index (χ2v) is 8.41. The third kappa shape index (κ3) is 6.29. The lowest BCUT2D eigenvalue weighted by Crippen LogP contribution is -2.30. The van der Waals surface area contributed by atoms with E-state index < -0.39 is 0 Å². The molecule has 0 aliphatic rings. The van der Waals surface area contributed by atoms with Crippen molar-refractivity contribution in [2.24, 2.45) is 0 Å². The van der Waals surface area contributed by atoms with E-state index in [0.29, 0.717) is 30.5 Å². The lowest BCUT2D eigenvalue weighted by atomic mass is 10.2. The van der Waals surface area contributed by atoms with Crippen LogP contribution in [-0.2, 0) is 17.8 Å². The number of aromatic nitrogens is 2. The number of ether oxygens (including phenoxy) is 2. The Morgan fingerprint density at radius 2 is 1.76 bits per heavy atom. The first-order valence-electron chi connectivity index (χ1n) is 11.4. The van der Waals surface area contributed by atoms with Crippen LogP contribution in [0.5, 0.6) is 11.5 Å². The summed E-state index contributed by atoms with van der Waals surface area (Å²) in [6, 6.07) is 23.1. The quantitative estimate of drug-likeness (QED) is 0.301. The van der Waals surface area contributed by atoms with Gasteiger partial charge in [0.25, 0.3) is 5.91 Å². The fraction of sp³-hybridized carbons (Fsp3) is 0.259. The highest BCUT2D eigenvalue weighted by Crippen LogP contribution is 2.19. The second kappa shape index (κ2) is 11.6. The van der Waals surface area contributed by atoms with Crippen LogP contribution in [0.15, 0.2) is 72.8 Å². The number of halogens is 1. The minimum absolute atomic E-state index is 0.0314. The molecule has 34 heavy (non-hydrogen) atoms. The lowest BCUT2D eigenvalue weighted by Gasteiger charge is -2.12. The smallest absolute Gasteiger partial charge is 0.257 e. The van der Waals surface area contributed by atoms with Gasteiger partial charge in [-0.1, -0.05) is 41.9 Å². The fourth-order valence-corrected chi connectivity index (χ4v) is 3.86. The van der Waals surface area contributed by atoms with Crippen molar-refractivity contribution in [3.8, 4) is 11.5 Å². The Bertz CT molecular complexity index is 1240. The standard InChI is InChI=1S/C27H28ClN3O3/c1-20-7-2-5-10-25(20)33-18-17-31-24-9-4-3-8-23(24)30-26(31)11-6-16-29-27(32)19-34-22-14-12-21(28)13-15-22/h2-5,7-10,12-15H,6,11,16-19H2,1H3,(H,29,32). The van der Waals surface area contributed by atoms with Gasteiger partial charge in [-0.2, -0.15) is 0 Å². The van der Waals surface area contributed by atoms with E-state index in [1.807, 2.05) is 49.4 Å². The van der Waals surface area contributed by atoms with Gasteiger partial charge in [-0.15, -0.1) is 0 Å². The van der Waals surface area contributed by atoms with E-state index in [0.717, 1.165) is 41.0 Å². The van der Waals surface area contributed by atoms with Gasteiger partial charge in [-0.05, 0) is 61.4 Å². The van der Waals surface area contributed by atoms with Crippen molar-refractivity contribution >= 4 is 28.5 Å². The molecule has 1 N–H and O–H groups in total. The number of hydrogen-bond acceptors (Lipinski definition) is 4. The van der Waals surface area contributed by atoms with Crippen molar-refractivity contribution in [3.05, 3.63) is 89.2 Å². The van der Waals surface area contributed by atoms with Crippen LogP contribution < -0.4 is 14.8 Å². The average molecular weight is 478 g/mol. The minimum Gasteiger partial charge on any atom is -0.491 e. The van der Waals surface area contributed by atoms with Crippen LogP contribution in [-0.4, -0.2) is 35.2 Å². The first-order chi connectivity index (χ1) is 16.6. The summed E-state index contributed by atoms with van der Waals surface area (Å²) >= 11 is 5.86. The Balaban J connectivity index is 1.28. The molecule has 1 aromatic heterocycles. The number of para-hydroxylation sites is 3. The molecule has 0 spiro atoms. The zero-order valence-electron chi connectivity index (χ0n) is 19.2. The molecule has 0 aliphatic carbocycles. The summed E-state index contributed by atoms with van der Waals surface area (Å²) in [5, 5.41) is 3.54. The number of fused-ring (bicyclic) bond motifs is 1. The number of amides is 1. The molecular weight excluding hydrogens is 450 g/mol. The summed E-state index contributed by atoms with van der Waals surface area (Å²) in [4.78, 5) is 16.9. The summed E-state index contributed by atoms with van der Waals surface area (Å²) in [6.07, 6.45) is 1.52. The number of nitrogens with one attached hydrogen (secondary N) is 1. The summed E-state index contributed by atoms with van der Waals surface area (Å²) in [5.41, 5.74) is 3.18. The van der Waals surface area contributed by atoms with Crippen LogP contribution in [0.1, 0.15) is 17.8 Å². The molecule has 4 aromatic rings. The Morgan fingerprint density at radius 1 is 1.00 bits per heavy atom. The normalized spacial score (nSPS) is 10.9. The number of benzene rings is 3. The number of imidazole rings is 1. The van der Waals surface area contributed by atoms with Crippen molar-refractivity contribution in [1.82, 2.24) is 14.9 Å². The highest BCUT2D eigenvalue weighted by Gasteiger charge is 2.11. The van der Waals surface area contributed by atoms with Gasteiger partial charge in [0.1, 0.15) is 23.9 Å². The van der Waals surface area contributed by atoms with Gasteiger partial charge in [0.2, 0.25) is 0 Å². The van der Waals surface area contributed by atoms with Crippen molar-refractivity contribution in [1.29, 1.82) is 0 Å². The number of aryl methyl sites for hydroxylation is 2. The molecule has 176 valence electrons. The SMILES string of the molecule is Cc1ccccc1OCCn1c(CCCNC(=O)COc2ccc(Cl)cc2)nc2ccccc21. The van der Waals surface area contributed by atoms with Gasteiger partial charge in [0.05, 0.1) is 17.6 Å². The van der Waals surface area contributed by atoms with Crippen LogP contribution in [0.3, 0.4) is 0 Å². The van der Waals surface area contributed by atoms with E-state index >= 15 is 0 Å². The average Bonchev–Trinajstić information content (AvgIpc) is 3.20. The lowest BCUT2D eigenvalue weighted by molar-refractivity contribution is -0.123. The Hall–Kier alpha value is -3.51. The van der Waals surface area contributed by atoms with Gasteiger partial charge >= 0.3 is 0 Å². The predicted molar refractivity (Wildman–Crippen MR) is 135 cm³/mol.